The topological polar surface area (TPSA) is 104 Å². The number of halogens is 3. The number of carbonyl (C=O) groups is 1. The van der Waals surface area contributed by atoms with E-state index in [4.69, 9.17) is 10.5 Å². The van der Waals surface area contributed by atoms with E-state index in [9.17, 15) is 14.3 Å². The number of aromatic amines is 1. The van der Waals surface area contributed by atoms with Crippen LogP contribution in [0.3, 0.4) is 0 Å². The third-order valence-corrected chi connectivity index (χ3v) is 4.94. The van der Waals surface area contributed by atoms with Gasteiger partial charge in [0.2, 0.25) is 0 Å². The predicted molar refractivity (Wildman–Crippen MR) is 119 cm³/mol. The number of ether oxygens (including phenoxy) is 1. The number of phenols is 1. The van der Waals surface area contributed by atoms with E-state index in [1.165, 1.54) is 18.2 Å². The Morgan fingerprint density at radius 1 is 1.29 bits per heavy atom. The number of carbonyl (C=O) groups excluding carboxylic acids is 1. The zero-order valence-corrected chi connectivity index (χ0v) is 18.1. The highest BCUT2D eigenvalue weighted by Gasteiger charge is 2.33. The lowest BCUT2D eigenvalue weighted by atomic mass is 9.90. The maximum Gasteiger partial charge on any atom is 0.258 e. The summed E-state index contributed by atoms with van der Waals surface area (Å²) in [5.74, 6) is -0.640. The van der Waals surface area contributed by atoms with Gasteiger partial charge in [-0.15, -0.1) is 24.8 Å². The van der Waals surface area contributed by atoms with Crippen LogP contribution in [0.25, 0.3) is 0 Å². The summed E-state index contributed by atoms with van der Waals surface area (Å²) in [7, 11) is 0. The van der Waals surface area contributed by atoms with Crippen molar-refractivity contribution in [2.45, 2.75) is 12.5 Å². The highest BCUT2D eigenvalue weighted by molar-refractivity contribution is 5.97. The number of aromatic hydroxyl groups is 1. The van der Waals surface area contributed by atoms with Gasteiger partial charge in [0.05, 0.1) is 29.8 Å². The molecule has 2 heterocycles. The average Bonchev–Trinajstić information content (AvgIpc) is 3.20. The van der Waals surface area contributed by atoms with E-state index in [-0.39, 0.29) is 61.1 Å². The quantitative estimate of drug-likeness (QED) is 0.533. The minimum atomic E-state index is -0.516. The minimum Gasteiger partial charge on any atom is -0.508 e. The molecule has 0 aliphatic carbocycles. The zero-order valence-electron chi connectivity index (χ0n) is 16.5. The van der Waals surface area contributed by atoms with Crippen molar-refractivity contribution >= 4 is 30.7 Å². The fraction of sp³-hybridized carbons (Fsp3) is 0.238. The molecule has 4 N–H and O–H groups in total. The Balaban J connectivity index is 0.00000171. The summed E-state index contributed by atoms with van der Waals surface area (Å²) in [5, 5.41) is 9.87. The summed E-state index contributed by atoms with van der Waals surface area (Å²) in [5.41, 5.74) is 8.11. The molecule has 3 aromatic rings. The lowest BCUT2D eigenvalue weighted by Gasteiger charge is -2.32. The van der Waals surface area contributed by atoms with Gasteiger partial charge in [-0.3, -0.25) is 4.79 Å². The molecule has 1 aliphatic rings. The molecule has 10 heteroatoms. The van der Waals surface area contributed by atoms with Gasteiger partial charge in [-0.2, -0.15) is 0 Å². The summed E-state index contributed by atoms with van der Waals surface area (Å²) >= 11 is 0. The molecule has 1 unspecified atom stereocenters. The normalized spacial score (nSPS) is 14.8. The number of rotatable bonds is 5. The Morgan fingerprint density at radius 2 is 2.10 bits per heavy atom. The van der Waals surface area contributed by atoms with E-state index in [1.54, 1.807) is 29.4 Å². The van der Waals surface area contributed by atoms with Gasteiger partial charge in [0.25, 0.3) is 5.91 Å². The van der Waals surface area contributed by atoms with Gasteiger partial charge in [-0.1, -0.05) is 12.1 Å². The van der Waals surface area contributed by atoms with Crippen molar-refractivity contribution < 1.29 is 19.0 Å². The minimum absolute atomic E-state index is 0. The second-order valence-corrected chi connectivity index (χ2v) is 6.88. The van der Waals surface area contributed by atoms with Gasteiger partial charge in [-0.25, -0.2) is 9.37 Å². The summed E-state index contributed by atoms with van der Waals surface area (Å²) < 4.78 is 19.4. The first-order chi connectivity index (χ1) is 14.1. The number of nitrogens with one attached hydrogen (secondary N) is 1. The Morgan fingerprint density at radius 3 is 2.84 bits per heavy atom. The molecule has 0 spiro atoms. The number of aromatic nitrogens is 2. The number of hydrogen-bond donors (Lipinski definition) is 3. The highest BCUT2D eigenvalue weighted by atomic mass is 35.5. The standard InChI is InChI=1S/C21H21FN4O3.2ClH/c22-14-4-5-19(29-7-6-23)16(9-14)21(28)26-10-17(13-2-1-3-15(27)8-13)20-18(11-26)24-12-25-20;;/h1-5,8-9,12,17,27H,6-7,10-11,23H2,(H,24,25);2*1H. The maximum atomic E-state index is 13.9. The molecule has 4 rings (SSSR count). The van der Waals surface area contributed by atoms with Gasteiger partial charge < -0.3 is 25.5 Å². The first-order valence-electron chi connectivity index (χ1n) is 9.29. The second-order valence-electron chi connectivity index (χ2n) is 6.88. The first-order valence-corrected chi connectivity index (χ1v) is 9.29. The van der Waals surface area contributed by atoms with Gasteiger partial charge >= 0.3 is 0 Å². The largest absolute Gasteiger partial charge is 0.508 e. The second kappa shape index (κ2) is 10.5. The Bertz CT molecular complexity index is 1050. The summed E-state index contributed by atoms with van der Waals surface area (Å²) in [6.45, 7) is 1.16. The Kier molecular flexibility index (Phi) is 8.27. The smallest absolute Gasteiger partial charge is 0.258 e. The van der Waals surface area contributed by atoms with Crippen LogP contribution in [0.4, 0.5) is 4.39 Å². The molecule has 31 heavy (non-hydrogen) atoms. The molecule has 0 saturated heterocycles. The number of benzene rings is 2. The molecule has 1 aliphatic heterocycles. The predicted octanol–water partition coefficient (Wildman–Crippen LogP) is 3.22. The molecule has 0 radical (unpaired) electrons. The lowest BCUT2D eigenvalue weighted by molar-refractivity contribution is 0.0717. The van der Waals surface area contributed by atoms with Gasteiger partial charge in [0.15, 0.2) is 0 Å². The molecule has 166 valence electrons. The first kappa shape index (κ1) is 24.5. The molecule has 1 atom stereocenters. The third-order valence-electron chi connectivity index (χ3n) is 4.94. The van der Waals surface area contributed by atoms with Gasteiger partial charge in [-0.05, 0) is 35.9 Å². The van der Waals surface area contributed by atoms with Crippen molar-refractivity contribution in [3.63, 3.8) is 0 Å². The number of amides is 1. The van der Waals surface area contributed by atoms with E-state index < -0.39 is 5.82 Å². The number of H-pyrrole nitrogens is 1. The molecule has 0 bridgehead atoms. The van der Waals surface area contributed by atoms with Crippen molar-refractivity contribution in [1.82, 2.24) is 14.9 Å². The fourth-order valence-electron chi connectivity index (χ4n) is 3.61. The SMILES string of the molecule is Cl.Cl.NCCOc1ccc(F)cc1C(=O)N1Cc2[nH]cnc2C(c2cccc(O)c2)C1. The molecular formula is C21H23Cl2FN4O3. The van der Waals surface area contributed by atoms with Crippen LogP contribution in [0.1, 0.15) is 33.2 Å². The van der Waals surface area contributed by atoms with Crippen LogP contribution in [0.2, 0.25) is 0 Å². The van der Waals surface area contributed by atoms with E-state index in [1.807, 2.05) is 6.07 Å². The van der Waals surface area contributed by atoms with Crippen molar-refractivity contribution in [3.05, 3.63) is 77.1 Å². The van der Waals surface area contributed by atoms with Crippen molar-refractivity contribution in [2.75, 3.05) is 19.7 Å². The number of hydrogen-bond acceptors (Lipinski definition) is 5. The number of fused-ring (bicyclic) bond motifs is 1. The van der Waals surface area contributed by atoms with Crippen LogP contribution in [0.15, 0.2) is 48.8 Å². The van der Waals surface area contributed by atoms with Crippen molar-refractivity contribution in [3.8, 4) is 11.5 Å². The van der Waals surface area contributed by atoms with E-state index in [2.05, 4.69) is 9.97 Å². The maximum absolute atomic E-state index is 13.9. The van der Waals surface area contributed by atoms with E-state index in [0.29, 0.717) is 18.8 Å². The van der Waals surface area contributed by atoms with Crippen LogP contribution in [-0.4, -0.2) is 45.6 Å². The molecule has 2 aromatic carbocycles. The molecule has 0 fully saturated rings. The highest BCUT2D eigenvalue weighted by Crippen LogP contribution is 2.34. The Hall–Kier alpha value is -2.81. The van der Waals surface area contributed by atoms with Crippen LogP contribution in [0, 0.1) is 5.82 Å². The fourth-order valence-corrected chi connectivity index (χ4v) is 3.61. The molecule has 1 aromatic heterocycles. The molecule has 1 amide bonds. The van der Waals surface area contributed by atoms with Crippen LogP contribution in [-0.2, 0) is 6.54 Å². The summed E-state index contributed by atoms with van der Waals surface area (Å²) in [6, 6.07) is 10.8. The van der Waals surface area contributed by atoms with E-state index >= 15 is 0 Å². The summed E-state index contributed by atoms with van der Waals surface area (Å²) in [4.78, 5) is 22.4. The number of nitrogens with zero attached hydrogens (tertiary/aromatic N) is 2. The number of nitrogens with two attached hydrogens (primary N) is 1. The lowest BCUT2D eigenvalue weighted by Crippen LogP contribution is -2.39. The van der Waals surface area contributed by atoms with E-state index in [0.717, 1.165) is 17.0 Å². The van der Waals surface area contributed by atoms with Crippen molar-refractivity contribution in [1.29, 1.82) is 0 Å². The van der Waals surface area contributed by atoms with Crippen LogP contribution >= 0.6 is 24.8 Å². The van der Waals surface area contributed by atoms with Crippen LogP contribution in [0.5, 0.6) is 11.5 Å². The molecular weight excluding hydrogens is 446 g/mol. The number of phenolic OH excluding ortho intramolecular Hbond substituents is 1. The summed E-state index contributed by atoms with van der Waals surface area (Å²) in [6.07, 6.45) is 1.59. The molecule has 7 nitrogen and oxygen atoms in total. The molecule has 0 saturated carbocycles. The average molecular weight is 469 g/mol. The zero-order chi connectivity index (χ0) is 20.4. The van der Waals surface area contributed by atoms with Gasteiger partial charge in [0, 0.05) is 19.0 Å². The van der Waals surface area contributed by atoms with Gasteiger partial charge in [0.1, 0.15) is 23.9 Å². The van der Waals surface area contributed by atoms with Crippen LogP contribution < -0.4 is 10.5 Å². The third kappa shape index (κ3) is 5.10. The van der Waals surface area contributed by atoms with Crippen molar-refractivity contribution in [2.24, 2.45) is 5.73 Å². The monoisotopic (exact) mass is 468 g/mol. The Labute approximate surface area is 191 Å². The number of imidazole rings is 1.